The van der Waals surface area contributed by atoms with Gasteiger partial charge in [0.25, 0.3) is 0 Å². The Morgan fingerprint density at radius 1 is 0.929 bits per heavy atom. The summed E-state index contributed by atoms with van der Waals surface area (Å²) in [7, 11) is -4.23. The number of aliphatic hydroxyl groups excluding tert-OH is 1. The van der Waals surface area contributed by atoms with Crippen molar-refractivity contribution < 1.29 is 18.9 Å². The van der Waals surface area contributed by atoms with Crippen LogP contribution in [0.3, 0.4) is 0 Å². The van der Waals surface area contributed by atoms with Crippen LogP contribution in [0.2, 0.25) is 36.3 Å². The molecule has 0 fully saturated rings. The average Bonchev–Trinajstić information content (AvgIpc) is 2.42. The van der Waals surface area contributed by atoms with E-state index >= 15 is 0 Å². The molecule has 6 nitrogen and oxygen atoms in total. The van der Waals surface area contributed by atoms with Gasteiger partial charge in [-0.05, 0) is 54.0 Å². The zero-order valence-corrected chi connectivity index (χ0v) is 21.0. The molecule has 0 aliphatic carbocycles. The molecule has 0 bridgehead atoms. The van der Waals surface area contributed by atoms with Gasteiger partial charge in [0.15, 0.2) is 0 Å². The third-order valence-corrected chi connectivity index (χ3v) is 14.7. The minimum atomic E-state index is -2.11. The van der Waals surface area contributed by atoms with Crippen LogP contribution in [0.4, 0.5) is 0 Å². The molecule has 1 aromatic rings. The van der Waals surface area contributed by atoms with E-state index in [0.29, 0.717) is 17.1 Å². The largest absolute Gasteiger partial charge is 0.543 e. The minimum absolute atomic E-state index is 0.00289. The van der Waals surface area contributed by atoms with Crippen LogP contribution in [-0.2, 0) is 0 Å². The number of rotatable bonds is 7. The van der Waals surface area contributed by atoms with Gasteiger partial charge in [0.05, 0.1) is 0 Å². The van der Waals surface area contributed by atoms with Crippen LogP contribution in [0.15, 0.2) is 18.2 Å². The van der Waals surface area contributed by atoms with Crippen LogP contribution in [0.5, 0.6) is 11.5 Å². The van der Waals surface area contributed by atoms with Crippen molar-refractivity contribution in [2.75, 3.05) is 6.54 Å². The van der Waals surface area contributed by atoms with Gasteiger partial charge in [0.2, 0.25) is 23.2 Å². The van der Waals surface area contributed by atoms with Gasteiger partial charge >= 0.3 is 0 Å². The molecule has 1 unspecified atom stereocenters. The van der Waals surface area contributed by atoms with E-state index in [1.54, 1.807) is 12.1 Å². The van der Waals surface area contributed by atoms with Gasteiger partial charge in [0.1, 0.15) is 17.6 Å². The smallest absolute Gasteiger partial charge is 0.250 e. The Morgan fingerprint density at radius 3 is 1.57 bits per heavy atom. The summed E-state index contributed by atoms with van der Waals surface area (Å²) >= 11 is 0. The third-order valence-electron chi connectivity index (χ3n) is 5.97. The Labute approximate surface area is 171 Å². The lowest BCUT2D eigenvalue weighted by Gasteiger charge is -2.38. The van der Waals surface area contributed by atoms with E-state index in [2.05, 4.69) is 67.7 Å². The highest BCUT2D eigenvalue weighted by Crippen LogP contribution is 2.41. The van der Waals surface area contributed by atoms with Gasteiger partial charge in [0, 0.05) is 11.0 Å². The Hall–Kier alpha value is -1.39. The summed E-state index contributed by atoms with van der Waals surface area (Å²) in [6.45, 7) is 20.9. The van der Waals surface area contributed by atoms with E-state index in [0.717, 1.165) is 0 Å². The van der Waals surface area contributed by atoms with Crippen molar-refractivity contribution in [1.82, 2.24) is 0 Å². The van der Waals surface area contributed by atoms with E-state index < -0.39 is 34.2 Å². The summed E-state index contributed by atoms with van der Waals surface area (Å²) in [6, 6.07) is 5.25. The summed E-state index contributed by atoms with van der Waals surface area (Å²) in [6.07, 6.45) is -1.21. The molecule has 1 atom stereocenters. The molecule has 0 aliphatic heterocycles. The maximum atomic E-state index is 10.9. The van der Waals surface area contributed by atoms with Gasteiger partial charge in [-0.15, -0.1) is 0 Å². The molecule has 8 heteroatoms. The fraction of sp³-hybridized carbons (Fsp3) is 0.700. The molecular weight excluding hydrogens is 390 g/mol. The maximum Gasteiger partial charge on any atom is 0.250 e. The number of aliphatic hydroxyl groups is 1. The van der Waals surface area contributed by atoms with E-state index in [4.69, 9.17) is 8.85 Å². The topological polar surface area (TPSA) is 81.8 Å². The summed E-state index contributed by atoms with van der Waals surface area (Å²) < 4.78 is 12.8. The van der Waals surface area contributed by atoms with Gasteiger partial charge in [-0.3, -0.25) is 10.1 Å². The molecule has 1 rings (SSSR count). The van der Waals surface area contributed by atoms with Crippen LogP contribution in [0.25, 0.3) is 0 Å². The third kappa shape index (κ3) is 6.32. The standard InChI is InChI=1S/C20H37NO5Si2/c1-19(2,3)27(7,8)25-16-11-15(18(22)14-21(23)24)12-17(13-16)26-28(9,10)20(4,5)6/h11-13,18,22H,14H2,1-10H3. The van der Waals surface area contributed by atoms with Crippen molar-refractivity contribution >= 4 is 16.6 Å². The SMILES string of the molecule is CC(C)(C)[Si](C)(C)Oc1cc(O[Si](C)(C)C(C)(C)C)cc(C(O)C[N+](=O)[O-])c1. The Balaban J connectivity index is 3.38. The first-order valence-corrected chi connectivity index (χ1v) is 15.5. The number of nitrogens with zero attached hydrogens (tertiary/aromatic N) is 1. The molecule has 0 aliphatic rings. The van der Waals surface area contributed by atoms with Gasteiger partial charge < -0.3 is 14.0 Å². The monoisotopic (exact) mass is 427 g/mol. The number of hydrogen-bond acceptors (Lipinski definition) is 5. The molecule has 1 N–H and O–H groups in total. The fourth-order valence-electron chi connectivity index (χ4n) is 2.05. The molecular formula is C20H37NO5Si2. The lowest BCUT2D eigenvalue weighted by Crippen LogP contribution is -2.44. The minimum Gasteiger partial charge on any atom is -0.543 e. The Morgan fingerprint density at radius 2 is 1.29 bits per heavy atom. The molecule has 1 aromatic carbocycles. The van der Waals surface area contributed by atoms with Crippen molar-refractivity contribution in [3.63, 3.8) is 0 Å². The Bertz CT molecular complexity index is 659. The zero-order chi connectivity index (χ0) is 22.1. The highest BCUT2D eigenvalue weighted by molar-refractivity contribution is 6.75. The molecule has 0 saturated heterocycles. The first-order valence-electron chi connectivity index (χ1n) is 9.69. The quantitative estimate of drug-likeness (QED) is 0.339. The molecule has 0 aromatic heterocycles. The summed E-state index contributed by atoms with van der Waals surface area (Å²) in [5.41, 5.74) is 0.446. The van der Waals surface area contributed by atoms with E-state index in [-0.39, 0.29) is 10.1 Å². The van der Waals surface area contributed by atoms with Gasteiger partial charge in [-0.2, -0.15) is 0 Å². The van der Waals surface area contributed by atoms with Crippen molar-refractivity contribution in [3.8, 4) is 11.5 Å². The van der Waals surface area contributed by atoms with Crippen LogP contribution in [-0.4, -0.2) is 33.2 Å². The van der Waals surface area contributed by atoms with Gasteiger partial charge in [-0.1, -0.05) is 41.5 Å². The summed E-state index contributed by atoms with van der Waals surface area (Å²) in [4.78, 5) is 10.4. The summed E-state index contributed by atoms with van der Waals surface area (Å²) in [5, 5.41) is 21.2. The van der Waals surface area contributed by atoms with Gasteiger partial charge in [-0.25, -0.2) is 0 Å². The molecule has 160 valence electrons. The van der Waals surface area contributed by atoms with E-state index in [1.807, 2.05) is 6.07 Å². The van der Waals surface area contributed by atoms with Crippen molar-refractivity contribution in [2.45, 2.75) is 83.9 Å². The predicted molar refractivity (Wildman–Crippen MR) is 119 cm³/mol. The summed E-state index contributed by atoms with van der Waals surface area (Å²) in [5.74, 6) is 1.19. The molecule has 28 heavy (non-hydrogen) atoms. The van der Waals surface area contributed by atoms with Crippen LogP contribution >= 0.6 is 0 Å². The highest BCUT2D eigenvalue weighted by atomic mass is 28.4. The second-order valence-electron chi connectivity index (χ2n) is 10.5. The predicted octanol–water partition coefficient (Wildman–Crippen LogP) is 5.76. The number of benzene rings is 1. The number of nitro groups is 1. The zero-order valence-electron chi connectivity index (χ0n) is 19.0. The van der Waals surface area contributed by atoms with Crippen molar-refractivity contribution in [1.29, 1.82) is 0 Å². The molecule has 0 radical (unpaired) electrons. The first kappa shape index (κ1) is 24.7. The molecule has 0 spiro atoms. The lowest BCUT2D eigenvalue weighted by molar-refractivity contribution is -0.491. The van der Waals surface area contributed by atoms with Crippen molar-refractivity contribution in [3.05, 3.63) is 33.9 Å². The lowest BCUT2D eigenvalue weighted by atomic mass is 10.1. The van der Waals surface area contributed by atoms with Crippen molar-refractivity contribution in [2.24, 2.45) is 0 Å². The normalized spacial score (nSPS) is 14.5. The molecule has 0 saturated carbocycles. The van der Waals surface area contributed by atoms with Crippen LogP contribution in [0.1, 0.15) is 53.2 Å². The number of hydrogen-bond donors (Lipinski definition) is 1. The van der Waals surface area contributed by atoms with E-state index in [1.165, 1.54) is 0 Å². The van der Waals surface area contributed by atoms with Crippen LogP contribution in [0, 0.1) is 10.1 Å². The first-order chi connectivity index (χ1) is 12.4. The average molecular weight is 428 g/mol. The fourth-order valence-corrected chi connectivity index (χ4v) is 4.07. The second kappa shape index (κ2) is 8.16. The maximum absolute atomic E-state index is 10.9. The second-order valence-corrected chi connectivity index (χ2v) is 19.9. The van der Waals surface area contributed by atoms with Crippen LogP contribution < -0.4 is 8.85 Å². The van der Waals surface area contributed by atoms with E-state index in [9.17, 15) is 15.2 Å². The highest BCUT2D eigenvalue weighted by Gasteiger charge is 2.41. The molecule has 0 amide bonds. The molecule has 0 heterocycles. The Kier molecular flexibility index (Phi) is 7.18.